The number of hydrogen-bond donors (Lipinski definition) is 2. The van der Waals surface area contributed by atoms with Gasteiger partial charge in [-0.15, -0.1) is 0 Å². The highest BCUT2D eigenvalue weighted by Gasteiger charge is 2.22. The van der Waals surface area contributed by atoms with Crippen LogP contribution in [0.1, 0.15) is 39.3 Å². The zero-order valence-corrected chi connectivity index (χ0v) is 11.9. The van der Waals surface area contributed by atoms with Gasteiger partial charge in [-0.2, -0.15) is 0 Å². The molecule has 0 aliphatic rings. The van der Waals surface area contributed by atoms with Crippen molar-refractivity contribution in [1.82, 2.24) is 5.32 Å². The largest absolute Gasteiger partial charge is 0.391 e. The van der Waals surface area contributed by atoms with Crippen molar-refractivity contribution in [2.75, 3.05) is 6.54 Å². The highest BCUT2D eigenvalue weighted by Crippen LogP contribution is 2.21. The maximum atomic E-state index is 10.7. The SMILES string of the molecule is CC(NCC(O)C(C)(C)C)c1cccc([N+](=O)[O-])c1. The third-order valence-electron chi connectivity index (χ3n) is 3.20. The van der Waals surface area contributed by atoms with Gasteiger partial charge in [-0.25, -0.2) is 0 Å². The van der Waals surface area contributed by atoms with Gasteiger partial charge >= 0.3 is 0 Å². The maximum Gasteiger partial charge on any atom is 0.269 e. The molecule has 2 N–H and O–H groups in total. The van der Waals surface area contributed by atoms with E-state index in [0.29, 0.717) is 6.54 Å². The van der Waals surface area contributed by atoms with E-state index >= 15 is 0 Å². The second kappa shape index (κ2) is 6.12. The van der Waals surface area contributed by atoms with Gasteiger partial charge in [0.25, 0.3) is 5.69 Å². The number of nitrogens with zero attached hydrogens (tertiary/aromatic N) is 1. The highest BCUT2D eigenvalue weighted by molar-refractivity contribution is 5.35. The van der Waals surface area contributed by atoms with E-state index in [1.165, 1.54) is 6.07 Å². The van der Waals surface area contributed by atoms with Crippen LogP contribution in [0.4, 0.5) is 5.69 Å². The minimum absolute atomic E-state index is 0.0445. The van der Waals surface area contributed by atoms with Crippen molar-refractivity contribution >= 4 is 5.69 Å². The van der Waals surface area contributed by atoms with E-state index in [2.05, 4.69) is 5.32 Å². The first kappa shape index (κ1) is 15.6. The molecule has 0 aromatic heterocycles. The lowest BCUT2D eigenvalue weighted by molar-refractivity contribution is -0.384. The molecule has 0 amide bonds. The molecule has 0 spiro atoms. The van der Waals surface area contributed by atoms with E-state index in [-0.39, 0.29) is 17.1 Å². The molecule has 0 aliphatic heterocycles. The molecule has 5 heteroatoms. The molecule has 0 fully saturated rings. The zero-order chi connectivity index (χ0) is 14.6. The van der Waals surface area contributed by atoms with Gasteiger partial charge in [-0.3, -0.25) is 10.1 Å². The van der Waals surface area contributed by atoms with Crippen LogP contribution in [-0.2, 0) is 0 Å². The summed E-state index contributed by atoms with van der Waals surface area (Å²) in [4.78, 5) is 10.3. The molecule has 0 saturated heterocycles. The maximum absolute atomic E-state index is 10.7. The molecule has 19 heavy (non-hydrogen) atoms. The van der Waals surface area contributed by atoms with Crippen molar-refractivity contribution in [3.05, 3.63) is 39.9 Å². The van der Waals surface area contributed by atoms with Crippen molar-refractivity contribution in [1.29, 1.82) is 0 Å². The first-order valence-corrected chi connectivity index (χ1v) is 6.37. The summed E-state index contributed by atoms with van der Waals surface area (Å²) in [5.74, 6) is 0. The summed E-state index contributed by atoms with van der Waals surface area (Å²) in [6.07, 6.45) is -0.464. The lowest BCUT2D eigenvalue weighted by Gasteiger charge is -2.27. The minimum atomic E-state index is -0.464. The Hall–Kier alpha value is -1.46. The van der Waals surface area contributed by atoms with Gasteiger partial charge in [0.1, 0.15) is 0 Å². The third kappa shape index (κ3) is 4.61. The fourth-order valence-electron chi connectivity index (χ4n) is 1.62. The molecule has 0 radical (unpaired) electrons. The molecule has 0 aliphatic carbocycles. The van der Waals surface area contributed by atoms with Crippen molar-refractivity contribution in [3.8, 4) is 0 Å². The number of nitrogens with one attached hydrogen (secondary N) is 1. The molecule has 1 aromatic rings. The third-order valence-corrected chi connectivity index (χ3v) is 3.20. The van der Waals surface area contributed by atoms with Crippen LogP contribution in [0, 0.1) is 15.5 Å². The Morgan fingerprint density at radius 3 is 2.58 bits per heavy atom. The quantitative estimate of drug-likeness (QED) is 0.634. The van der Waals surface area contributed by atoms with E-state index in [9.17, 15) is 15.2 Å². The van der Waals surface area contributed by atoms with Gasteiger partial charge in [-0.05, 0) is 17.9 Å². The lowest BCUT2D eigenvalue weighted by Crippen LogP contribution is -2.37. The van der Waals surface area contributed by atoms with Gasteiger partial charge in [-0.1, -0.05) is 32.9 Å². The Kier molecular flexibility index (Phi) is 5.03. The Balaban J connectivity index is 2.66. The molecule has 0 heterocycles. The Morgan fingerprint density at radius 1 is 1.42 bits per heavy atom. The fraction of sp³-hybridized carbons (Fsp3) is 0.571. The predicted octanol–water partition coefficient (Wildman–Crippen LogP) is 2.65. The number of non-ortho nitro benzene ring substituents is 1. The minimum Gasteiger partial charge on any atom is -0.391 e. The van der Waals surface area contributed by atoms with Gasteiger partial charge < -0.3 is 10.4 Å². The molecule has 0 bridgehead atoms. The van der Waals surface area contributed by atoms with E-state index in [1.807, 2.05) is 33.8 Å². The predicted molar refractivity (Wildman–Crippen MR) is 75.0 cm³/mol. The van der Waals surface area contributed by atoms with E-state index in [1.54, 1.807) is 12.1 Å². The van der Waals surface area contributed by atoms with Gasteiger partial charge in [0, 0.05) is 24.7 Å². The molecule has 106 valence electrons. The topological polar surface area (TPSA) is 75.4 Å². The lowest BCUT2D eigenvalue weighted by atomic mass is 9.89. The van der Waals surface area contributed by atoms with Crippen LogP contribution in [0.15, 0.2) is 24.3 Å². The normalized spacial score (nSPS) is 15.0. The average molecular weight is 266 g/mol. The van der Waals surface area contributed by atoms with Crippen molar-refractivity contribution in [3.63, 3.8) is 0 Å². The van der Waals surface area contributed by atoms with Crippen LogP contribution in [-0.4, -0.2) is 22.7 Å². The van der Waals surface area contributed by atoms with Gasteiger partial charge in [0.15, 0.2) is 0 Å². The first-order valence-electron chi connectivity index (χ1n) is 6.37. The fourth-order valence-corrected chi connectivity index (χ4v) is 1.62. The van der Waals surface area contributed by atoms with Crippen molar-refractivity contribution in [2.45, 2.75) is 39.8 Å². The number of rotatable bonds is 5. The van der Waals surface area contributed by atoms with E-state index in [4.69, 9.17) is 0 Å². The average Bonchev–Trinajstić information content (AvgIpc) is 2.34. The summed E-state index contributed by atoms with van der Waals surface area (Å²) in [7, 11) is 0. The molecule has 2 atom stereocenters. The number of benzene rings is 1. The van der Waals surface area contributed by atoms with Gasteiger partial charge in [0.05, 0.1) is 11.0 Å². The van der Waals surface area contributed by atoms with Gasteiger partial charge in [0.2, 0.25) is 0 Å². The number of aliphatic hydroxyl groups is 1. The van der Waals surface area contributed by atoms with Crippen LogP contribution >= 0.6 is 0 Å². The van der Waals surface area contributed by atoms with Crippen LogP contribution in [0.5, 0.6) is 0 Å². The summed E-state index contributed by atoms with van der Waals surface area (Å²) in [5.41, 5.74) is 0.743. The monoisotopic (exact) mass is 266 g/mol. The van der Waals surface area contributed by atoms with Crippen LogP contribution in [0.2, 0.25) is 0 Å². The number of aliphatic hydroxyl groups excluding tert-OH is 1. The van der Waals surface area contributed by atoms with Crippen LogP contribution in [0.25, 0.3) is 0 Å². The second-order valence-electron chi connectivity index (χ2n) is 5.86. The van der Waals surface area contributed by atoms with Crippen molar-refractivity contribution < 1.29 is 10.0 Å². The molecule has 1 rings (SSSR count). The summed E-state index contributed by atoms with van der Waals surface area (Å²) in [5, 5.41) is 23.9. The summed E-state index contributed by atoms with van der Waals surface area (Å²) in [6.45, 7) is 8.29. The first-order chi connectivity index (χ1) is 8.71. The molecular formula is C14H22N2O3. The molecule has 2 unspecified atom stereocenters. The number of nitro groups is 1. The Labute approximate surface area is 113 Å². The zero-order valence-electron chi connectivity index (χ0n) is 11.9. The second-order valence-corrected chi connectivity index (χ2v) is 5.86. The number of nitro benzene ring substituents is 1. The highest BCUT2D eigenvalue weighted by atomic mass is 16.6. The molecule has 5 nitrogen and oxygen atoms in total. The summed E-state index contributed by atoms with van der Waals surface area (Å²) < 4.78 is 0. The van der Waals surface area contributed by atoms with Crippen molar-refractivity contribution in [2.24, 2.45) is 5.41 Å². The van der Waals surface area contributed by atoms with Crippen LogP contribution in [0.3, 0.4) is 0 Å². The molecule has 0 saturated carbocycles. The van der Waals surface area contributed by atoms with E-state index in [0.717, 1.165) is 5.56 Å². The molecular weight excluding hydrogens is 244 g/mol. The molecule has 1 aromatic carbocycles. The number of hydrogen-bond acceptors (Lipinski definition) is 4. The standard InChI is InChI=1S/C14H22N2O3/c1-10(15-9-13(17)14(2,3)4)11-6-5-7-12(8-11)16(18)19/h5-8,10,13,15,17H,9H2,1-4H3. The smallest absolute Gasteiger partial charge is 0.269 e. The van der Waals surface area contributed by atoms with E-state index < -0.39 is 11.0 Å². The van der Waals surface area contributed by atoms with Crippen LogP contribution < -0.4 is 5.32 Å². The Morgan fingerprint density at radius 2 is 2.05 bits per heavy atom. The summed E-state index contributed by atoms with van der Waals surface area (Å²) in [6, 6.07) is 6.50. The Bertz CT molecular complexity index is 441. The summed E-state index contributed by atoms with van der Waals surface area (Å²) >= 11 is 0.